The van der Waals surface area contributed by atoms with Gasteiger partial charge in [-0.1, -0.05) is 16.8 Å². The average molecular weight is 409 g/mol. The highest BCUT2D eigenvalue weighted by Crippen LogP contribution is 2.45. The zero-order valence-electron chi connectivity index (χ0n) is 14.4. The van der Waals surface area contributed by atoms with Gasteiger partial charge >= 0.3 is 6.29 Å². The molecule has 2 aromatic heterocycles. The first kappa shape index (κ1) is 18.1. The normalized spacial score (nSPS) is 14.2. The zero-order chi connectivity index (χ0) is 20.1. The van der Waals surface area contributed by atoms with E-state index in [1.54, 1.807) is 13.8 Å². The number of fused-ring (bicyclic) bond motifs is 1. The lowest BCUT2D eigenvalue weighted by molar-refractivity contribution is -0.286. The summed E-state index contributed by atoms with van der Waals surface area (Å²) >= 11 is 6.13. The van der Waals surface area contributed by atoms with Crippen molar-refractivity contribution in [2.45, 2.75) is 20.1 Å². The second-order valence-electron chi connectivity index (χ2n) is 5.89. The molecule has 8 nitrogen and oxygen atoms in total. The molecule has 0 saturated carbocycles. The molecule has 1 amide bonds. The van der Waals surface area contributed by atoms with Crippen molar-refractivity contribution in [3.8, 4) is 22.8 Å². The van der Waals surface area contributed by atoms with Crippen molar-refractivity contribution in [2.24, 2.45) is 0 Å². The van der Waals surface area contributed by atoms with Gasteiger partial charge in [0.25, 0.3) is 5.91 Å². The van der Waals surface area contributed by atoms with Crippen molar-refractivity contribution < 1.29 is 27.6 Å². The first-order valence-corrected chi connectivity index (χ1v) is 8.27. The maximum Gasteiger partial charge on any atom is 0.586 e. The SMILES string of the molecule is Cc1noc(C)c1C(=O)Nc1cnc(-c2cc3c(cc2Cl)OC(F)(F)O3)cn1. The fraction of sp³-hybridized carbons (Fsp3) is 0.176. The summed E-state index contributed by atoms with van der Waals surface area (Å²) in [6.45, 7) is 3.26. The number of anilines is 1. The van der Waals surface area contributed by atoms with E-state index in [9.17, 15) is 13.6 Å². The lowest BCUT2D eigenvalue weighted by Crippen LogP contribution is -2.25. The number of aromatic nitrogens is 3. The third kappa shape index (κ3) is 3.22. The molecule has 11 heteroatoms. The summed E-state index contributed by atoms with van der Waals surface area (Å²) < 4.78 is 40.1. The fourth-order valence-electron chi connectivity index (χ4n) is 2.69. The molecule has 0 bridgehead atoms. The van der Waals surface area contributed by atoms with Gasteiger partial charge in [-0.15, -0.1) is 8.78 Å². The van der Waals surface area contributed by atoms with Crippen LogP contribution in [-0.2, 0) is 0 Å². The number of aryl methyl sites for hydroxylation is 2. The van der Waals surface area contributed by atoms with Gasteiger partial charge in [0.05, 0.1) is 28.8 Å². The molecule has 1 aliphatic rings. The molecule has 0 saturated heterocycles. The molecule has 1 aliphatic heterocycles. The summed E-state index contributed by atoms with van der Waals surface area (Å²) in [6, 6.07) is 2.49. The molecule has 3 heterocycles. The third-order valence-electron chi connectivity index (χ3n) is 3.92. The molecule has 1 aromatic carbocycles. The summed E-state index contributed by atoms with van der Waals surface area (Å²) in [6.07, 6.45) is -1.10. The number of nitrogens with one attached hydrogen (secondary N) is 1. The van der Waals surface area contributed by atoms with Gasteiger partial charge in [-0.2, -0.15) is 0 Å². The average Bonchev–Trinajstić information content (AvgIpc) is 3.11. The number of ether oxygens (including phenoxy) is 2. The van der Waals surface area contributed by atoms with Crippen LogP contribution < -0.4 is 14.8 Å². The van der Waals surface area contributed by atoms with Crippen LogP contribution in [0.4, 0.5) is 14.6 Å². The van der Waals surface area contributed by atoms with Gasteiger partial charge in [-0.05, 0) is 19.9 Å². The number of carbonyl (C=O) groups excluding carboxylic acids is 1. The number of rotatable bonds is 3. The highest BCUT2D eigenvalue weighted by Gasteiger charge is 2.43. The highest BCUT2D eigenvalue weighted by molar-refractivity contribution is 6.33. The molecule has 0 aliphatic carbocycles. The largest absolute Gasteiger partial charge is 0.586 e. The Hall–Kier alpha value is -3.27. The van der Waals surface area contributed by atoms with E-state index in [0.717, 1.165) is 0 Å². The molecule has 0 unspecified atom stereocenters. The van der Waals surface area contributed by atoms with E-state index in [1.165, 1.54) is 24.5 Å². The minimum absolute atomic E-state index is 0.127. The number of carbonyl (C=O) groups is 1. The molecule has 1 N–H and O–H groups in total. The second-order valence-corrected chi connectivity index (χ2v) is 6.29. The Morgan fingerprint density at radius 1 is 1.14 bits per heavy atom. The summed E-state index contributed by atoms with van der Waals surface area (Å²) in [5.41, 5.74) is 1.37. The highest BCUT2D eigenvalue weighted by atomic mass is 35.5. The zero-order valence-corrected chi connectivity index (χ0v) is 15.2. The molecule has 0 spiro atoms. The van der Waals surface area contributed by atoms with Crippen molar-refractivity contribution in [1.82, 2.24) is 15.1 Å². The minimum atomic E-state index is -3.75. The van der Waals surface area contributed by atoms with Crippen LogP contribution >= 0.6 is 11.6 Å². The number of hydrogen-bond acceptors (Lipinski definition) is 7. The van der Waals surface area contributed by atoms with E-state index in [1.807, 2.05) is 0 Å². The molecule has 144 valence electrons. The number of benzene rings is 1. The molecule has 0 fully saturated rings. The number of hydrogen-bond donors (Lipinski definition) is 1. The van der Waals surface area contributed by atoms with Gasteiger partial charge in [-0.25, -0.2) is 4.98 Å². The lowest BCUT2D eigenvalue weighted by Gasteiger charge is -2.07. The van der Waals surface area contributed by atoms with Crippen molar-refractivity contribution >= 4 is 23.3 Å². The maximum atomic E-state index is 13.2. The number of amides is 1. The maximum absolute atomic E-state index is 13.2. The summed E-state index contributed by atoms with van der Waals surface area (Å²) in [5, 5.41) is 6.43. The Balaban J connectivity index is 1.57. The smallest absolute Gasteiger partial charge is 0.395 e. The van der Waals surface area contributed by atoms with Gasteiger partial charge < -0.3 is 19.3 Å². The van der Waals surface area contributed by atoms with E-state index in [4.69, 9.17) is 16.1 Å². The quantitative estimate of drug-likeness (QED) is 0.699. The number of nitrogens with zero attached hydrogens (tertiary/aromatic N) is 3. The Bertz CT molecular complexity index is 1070. The van der Waals surface area contributed by atoms with Gasteiger partial charge in [0.15, 0.2) is 17.3 Å². The molecule has 3 aromatic rings. The summed E-state index contributed by atoms with van der Waals surface area (Å²) in [7, 11) is 0. The van der Waals surface area contributed by atoms with Crippen LogP contribution in [0.15, 0.2) is 29.0 Å². The van der Waals surface area contributed by atoms with Gasteiger partial charge in [-0.3, -0.25) is 9.78 Å². The van der Waals surface area contributed by atoms with Crippen LogP contribution in [0.3, 0.4) is 0 Å². The standard InChI is InChI=1S/C17H11ClF2N4O4/c1-7-15(8(2)28-24-7)16(25)23-14-6-21-11(5-22-14)9-3-12-13(4-10(9)18)27-17(19,20)26-12/h3-6H,1-2H3,(H,22,23,25). The Morgan fingerprint density at radius 3 is 2.46 bits per heavy atom. The molecule has 28 heavy (non-hydrogen) atoms. The van der Waals surface area contributed by atoms with Gasteiger partial charge in [0, 0.05) is 11.6 Å². The van der Waals surface area contributed by atoms with Crippen molar-refractivity contribution in [3.05, 3.63) is 46.6 Å². The van der Waals surface area contributed by atoms with E-state index >= 15 is 0 Å². The molecular formula is C17H11ClF2N4O4. The first-order valence-electron chi connectivity index (χ1n) is 7.89. The van der Waals surface area contributed by atoms with Crippen LogP contribution in [0.5, 0.6) is 11.5 Å². The van der Waals surface area contributed by atoms with Crippen LogP contribution in [0.2, 0.25) is 5.02 Å². The lowest BCUT2D eigenvalue weighted by atomic mass is 10.1. The number of alkyl halides is 2. The minimum Gasteiger partial charge on any atom is -0.395 e. The third-order valence-corrected chi connectivity index (χ3v) is 4.23. The van der Waals surface area contributed by atoms with E-state index in [2.05, 4.69) is 29.9 Å². The summed E-state index contributed by atoms with van der Waals surface area (Å²) in [4.78, 5) is 20.6. The molecule has 4 rings (SSSR count). The van der Waals surface area contributed by atoms with E-state index in [-0.39, 0.29) is 22.3 Å². The molecular weight excluding hydrogens is 398 g/mol. The topological polar surface area (TPSA) is 99.4 Å². The van der Waals surface area contributed by atoms with Crippen LogP contribution in [0.25, 0.3) is 11.3 Å². The van der Waals surface area contributed by atoms with Crippen molar-refractivity contribution in [2.75, 3.05) is 5.32 Å². The molecule has 0 radical (unpaired) electrons. The van der Waals surface area contributed by atoms with Crippen molar-refractivity contribution in [1.29, 1.82) is 0 Å². The second kappa shape index (κ2) is 6.41. The predicted octanol–water partition coefficient (Wildman–Crippen LogP) is 3.98. The Morgan fingerprint density at radius 2 is 1.86 bits per heavy atom. The van der Waals surface area contributed by atoms with Gasteiger partial charge in [0.2, 0.25) is 0 Å². The fourth-order valence-corrected chi connectivity index (χ4v) is 2.94. The van der Waals surface area contributed by atoms with Crippen LogP contribution in [0.1, 0.15) is 21.8 Å². The molecule has 0 atom stereocenters. The predicted molar refractivity (Wildman–Crippen MR) is 92.6 cm³/mol. The summed E-state index contributed by atoms with van der Waals surface area (Å²) in [5.74, 6) is -0.223. The van der Waals surface area contributed by atoms with Crippen molar-refractivity contribution in [3.63, 3.8) is 0 Å². The monoisotopic (exact) mass is 408 g/mol. The van der Waals surface area contributed by atoms with E-state index in [0.29, 0.717) is 28.3 Å². The number of halogens is 3. The Labute approximate surface area is 161 Å². The Kier molecular flexibility index (Phi) is 4.15. The van der Waals surface area contributed by atoms with Gasteiger partial charge in [0.1, 0.15) is 11.3 Å². The van der Waals surface area contributed by atoms with E-state index < -0.39 is 12.2 Å². The first-order chi connectivity index (χ1) is 13.2. The van der Waals surface area contributed by atoms with Crippen LogP contribution in [-0.4, -0.2) is 27.3 Å². The van der Waals surface area contributed by atoms with Crippen LogP contribution in [0, 0.1) is 13.8 Å².